The maximum Gasteiger partial charge on any atom is 0.247 e. The van der Waals surface area contributed by atoms with Crippen LogP contribution in [-0.2, 0) is 9.59 Å². The van der Waals surface area contributed by atoms with Gasteiger partial charge in [0.2, 0.25) is 11.2 Å². The Labute approximate surface area is 57.0 Å². The highest BCUT2D eigenvalue weighted by atomic mass is 32.2. The Bertz CT molecular complexity index is 181. The van der Waals surface area contributed by atoms with E-state index in [-0.39, 0.29) is 5.12 Å². The van der Waals surface area contributed by atoms with E-state index in [0.29, 0.717) is 17.5 Å². The molecule has 0 amide bonds. The number of nitrogens with zero attached hydrogens (tertiary/aromatic N) is 1. The second-order valence-electron chi connectivity index (χ2n) is 1.34. The highest BCUT2D eigenvalue weighted by Crippen LogP contribution is 2.07. The van der Waals surface area contributed by atoms with Gasteiger partial charge in [-0.05, 0) is 12.5 Å². The van der Waals surface area contributed by atoms with Crippen molar-refractivity contribution in [2.24, 2.45) is 4.40 Å². The number of hydrogen-bond acceptors (Lipinski definition) is 4. The van der Waals surface area contributed by atoms with Crippen LogP contribution in [-0.4, -0.2) is 11.2 Å². The molecule has 0 fully saturated rings. The van der Waals surface area contributed by atoms with Crippen molar-refractivity contribution in [3.05, 3.63) is 12.2 Å². The van der Waals surface area contributed by atoms with E-state index in [9.17, 15) is 9.59 Å². The van der Waals surface area contributed by atoms with Crippen molar-refractivity contribution in [2.75, 3.05) is 0 Å². The molecule has 0 aromatic rings. The Hall–Kier alpha value is -0.860. The Balaban J connectivity index is 3.78. The predicted molar refractivity (Wildman–Crippen MR) is 35.5 cm³/mol. The molecule has 0 aliphatic rings. The lowest BCUT2D eigenvalue weighted by Gasteiger charge is -1.86. The second-order valence-corrected chi connectivity index (χ2v) is 2.08. The molecule has 0 saturated heterocycles. The van der Waals surface area contributed by atoms with Crippen molar-refractivity contribution in [3.8, 4) is 0 Å². The van der Waals surface area contributed by atoms with Crippen LogP contribution in [0.2, 0.25) is 0 Å². The molecule has 0 unspecified atom stereocenters. The molecule has 0 aromatic heterocycles. The highest BCUT2D eigenvalue weighted by molar-refractivity contribution is 8.13. The van der Waals surface area contributed by atoms with Gasteiger partial charge in [0.25, 0.3) is 0 Å². The molecule has 4 heteroatoms. The van der Waals surface area contributed by atoms with Gasteiger partial charge >= 0.3 is 0 Å². The highest BCUT2D eigenvalue weighted by Gasteiger charge is 1.99. The molecule has 48 valence electrons. The molecule has 0 rings (SSSR count). The fraction of sp³-hybridized carbons (Fsp3) is 0.200. The molecule has 9 heavy (non-hydrogen) atoms. The zero-order valence-corrected chi connectivity index (χ0v) is 5.70. The Morgan fingerprint density at radius 1 is 1.78 bits per heavy atom. The van der Waals surface area contributed by atoms with Gasteiger partial charge in [-0.25, -0.2) is 4.79 Å². The summed E-state index contributed by atoms with van der Waals surface area (Å²) in [6.07, 6.45) is 1.23. The minimum atomic E-state index is -0.307. The van der Waals surface area contributed by atoms with Crippen LogP contribution < -0.4 is 0 Å². The fourth-order valence-corrected chi connectivity index (χ4v) is 0.414. The summed E-state index contributed by atoms with van der Waals surface area (Å²) >= 11 is 0.547. The molecule has 0 aliphatic heterocycles. The third kappa shape index (κ3) is 3.70. The minimum absolute atomic E-state index is 0.307. The Morgan fingerprint density at radius 2 is 2.33 bits per heavy atom. The molecule has 0 spiro atoms. The molecular formula is C5H5NO2S. The predicted octanol–water partition coefficient (Wildman–Crippen LogP) is 1.07. The lowest BCUT2D eigenvalue weighted by molar-refractivity contribution is -0.107. The molecule has 0 saturated carbocycles. The minimum Gasteiger partial charge on any atom is -0.280 e. The standard InChI is InChI=1S/C5H5NO2S/c1-4(2)5(8)9-6-3-7/h1H2,2H3. The lowest BCUT2D eigenvalue weighted by Crippen LogP contribution is -1.87. The van der Waals surface area contributed by atoms with Crippen LogP contribution in [0.15, 0.2) is 16.5 Å². The summed E-state index contributed by atoms with van der Waals surface area (Å²) in [6, 6.07) is 0. The summed E-state index contributed by atoms with van der Waals surface area (Å²) in [5, 5.41) is -0.307. The van der Waals surface area contributed by atoms with E-state index < -0.39 is 0 Å². The summed E-state index contributed by atoms with van der Waals surface area (Å²) < 4.78 is 2.99. The molecule has 0 atom stereocenters. The van der Waals surface area contributed by atoms with Crippen LogP contribution in [0.1, 0.15) is 6.92 Å². The quantitative estimate of drug-likeness (QED) is 0.251. The zero-order valence-electron chi connectivity index (χ0n) is 4.88. The van der Waals surface area contributed by atoms with E-state index in [1.54, 1.807) is 6.92 Å². The van der Waals surface area contributed by atoms with E-state index in [2.05, 4.69) is 11.0 Å². The average Bonchev–Trinajstić information content (AvgIpc) is 1.82. The fourth-order valence-electron chi connectivity index (χ4n) is 0.138. The molecule has 0 heterocycles. The van der Waals surface area contributed by atoms with Gasteiger partial charge in [-0.15, -0.1) is 4.40 Å². The van der Waals surface area contributed by atoms with Crippen LogP contribution >= 0.6 is 11.9 Å². The molecule has 0 aromatic carbocycles. The first-order valence-electron chi connectivity index (χ1n) is 2.12. The molecule has 0 bridgehead atoms. The van der Waals surface area contributed by atoms with E-state index >= 15 is 0 Å². The largest absolute Gasteiger partial charge is 0.280 e. The Kier molecular flexibility index (Phi) is 3.67. The van der Waals surface area contributed by atoms with Crippen molar-refractivity contribution in [3.63, 3.8) is 0 Å². The lowest BCUT2D eigenvalue weighted by atomic mass is 10.4. The van der Waals surface area contributed by atoms with Gasteiger partial charge in [-0.3, -0.25) is 4.79 Å². The van der Waals surface area contributed by atoms with E-state index in [4.69, 9.17) is 0 Å². The van der Waals surface area contributed by atoms with Crippen molar-refractivity contribution >= 4 is 23.1 Å². The Morgan fingerprint density at radius 3 is 2.67 bits per heavy atom. The van der Waals surface area contributed by atoms with Gasteiger partial charge < -0.3 is 0 Å². The number of rotatable bonds is 2. The van der Waals surface area contributed by atoms with Crippen LogP contribution in [0.4, 0.5) is 0 Å². The number of isocyanates is 1. The van der Waals surface area contributed by atoms with Crippen molar-refractivity contribution < 1.29 is 9.59 Å². The SMILES string of the molecule is C=C(C)C(=O)SN=C=O. The van der Waals surface area contributed by atoms with Crippen molar-refractivity contribution in [1.82, 2.24) is 0 Å². The zero-order chi connectivity index (χ0) is 7.28. The van der Waals surface area contributed by atoms with Gasteiger partial charge in [-0.2, -0.15) is 0 Å². The summed E-state index contributed by atoms with van der Waals surface area (Å²) in [5.41, 5.74) is 0.374. The van der Waals surface area contributed by atoms with Crippen LogP contribution in [0.3, 0.4) is 0 Å². The van der Waals surface area contributed by atoms with E-state index in [1.165, 1.54) is 6.08 Å². The van der Waals surface area contributed by atoms with Crippen molar-refractivity contribution in [1.29, 1.82) is 0 Å². The average molecular weight is 143 g/mol. The van der Waals surface area contributed by atoms with Gasteiger partial charge in [0.15, 0.2) is 0 Å². The topological polar surface area (TPSA) is 46.5 Å². The number of carbonyl (C=O) groups is 1. The summed E-state index contributed by atoms with van der Waals surface area (Å²) in [5.74, 6) is 0. The molecular weight excluding hydrogens is 138 g/mol. The third-order valence-electron chi connectivity index (χ3n) is 0.514. The smallest absolute Gasteiger partial charge is 0.247 e. The third-order valence-corrected chi connectivity index (χ3v) is 1.19. The van der Waals surface area contributed by atoms with Crippen LogP contribution in [0, 0.1) is 0 Å². The molecule has 3 nitrogen and oxygen atoms in total. The molecule has 0 aliphatic carbocycles. The maximum atomic E-state index is 10.5. The van der Waals surface area contributed by atoms with Crippen molar-refractivity contribution in [2.45, 2.75) is 6.92 Å². The van der Waals surface area contributed by atoms with E-state index in [0.717, 1.165) is 0 Å². The van der Waals surface area contributed by atoms with Crippen LogP contribution in [0.5, 0.6) is 0 Å². The van der Waals surface area contributed by atoms with E-state index in [1.807, 2.05) is 0 Å². The first-order valence-corrected chi connectivity index (χ1v) is 2.90. The normalized spacial score (nSPS) is 7.67. The summed E-state index contributed by atoms with van der Waals surface area (Å²) in [4.78, 5) is 19.9. The first-order chi connectivity index (χ1) is 4.18. The summed E-state index contributed by atoms with van der Waals surface area (Å²) in [7, 11) is 0. The van der Waals surface area contributed by atoms with Gasteiger partial charge in [0.05, 0.1) is 11.9 Å². The van der Waals surface area contributed by atoms with Gasteiger partial charge in [-0.1, -0.05) is 6.58 Å². The molecule has 0 N–H and O–H groups in total. The number of hydrogen-bond donors (Lipinski definition) is 0. The van der Waals surface area contributed by atoms with Gasteiger partial charge in [0, 0.05) is 0 Å². The maximum absolute atomic E-state index is 10.5. The van der Waals surface area contributed by atoms with Gasteiger partial charge in [0.1, 0.15) is 0 Å². The molecule has 0 radical (unpaired) electrons. The number of carbonyl (C=O) groups excluding carboxylic acids is 2. The summed E-state index contributed by atoms with van der Waals surface area (Å²) in [6.45, 7) is 4.90. The first kappa shape index (κ1) is 8.14. The second kappa shape index (κ2) is 4.06. The monoisotopic (exact) mass is 143 g/mol. The van der Waals surface area contributed by atoms with Crippen LogP contribution in [0.25, 0.3) is 0 Å².